The summed E-state index contributed by atoms with van der Waals surface area (Å²) < 4.78 is 4.15. The van der Waals surface area contributed by atoms with E-state index in [9.17, 15) is 0 Å². The molecular formula is C13H19N5. The van der Waals surface area contributed by atoms with Gasteiger partial charge < -0.3 is 9.88 Å². The number of hydrogen-bond donors (Lipinski definition) is 1. The Morgan fingerprint density at radius 1 is 1.44 bits per heavy atom. The molecule has 0 aliphatic heterocycles. The highest BCUT2D eigenvalue weighted by Crippen LogP contribution is 2.35. The van der Waals surface area contributed by atoms with Crippen LogP contribution in [0.15, 0.2) is 18.7 Å². The Bertz CT molecular complexity index is 535. The monoisotopic (exact) mass is 245 g/mol. The summed E-state index contributed by atoms with van der Waals surface area (Å²) >= 11 is 0. The molecule has 0 aromatic carbocycles. The molecular weight excluding hydrogens is 226 g/mol. The van der Waals surface area contributed by atoms with Gasteiger partial charge in [-0.3, -0.25) is 4.68 Å². The maximum Gasteiger partial charge on any atom is 0.0951 e. The van der Waals surface area contributed by atoms with E-state index >= 15 is 0 Å². The van der Waals surface area contributed by atoms with Crippen molar-refractivity contribution in [2.45, 2.75) is 38.8 Å². The minimum Gasteiger partial charge on any atom is -0.377 e. The molecule has 18 heavy (non-hydrogen) atoms. The highest BCUT2D eigenvalue weighted by Gasteiger charge is 2.25. The van der Waals surface area contributed by atoms with Crippen molar-refractivity contribution < 1.29 is 0 Å². The standard InChI is InChI=1S/C13H19N5/c1-3-12-13(8-17(2)16-12)15-7-11-6-14-9-18(11)10-4-5-10/h6,8-10,15H,3-5,7H2,1-2H3. The Kier molecular flexibility index (Phi) is 2.81. The van der Waals surface area contributed by atoms with E-state index in [1.807, 2.05) is 30.5 Å². The molecule has 0 atom stereocenters. The third-order valence-corrected chi connectivity index (χ3v) is 3.39. The second-order valence-electron chi connectivity index (χ2n) is 4.89. The maximum absolute atomic E-state index is 4.43. The van der Waals surface area contributed by atoms with Crippen LogP contribution >= 0.6 is 0 Å². The van der Waals surface area contributed by atoms with Gasteiger partial charge in [-0.15, -0.1) is 0 Å². The summed E-state index contributed by atoms with van der Waals surface area (Å²) in [6, 6.07) is 0.684. The Hall–Kier alpha value is -1.78. The van der Waals surface area contributed by atoms with E-state index in [2.05, 4.69) is 26.9 Å². The van der Waals surface area contributed by atoms with E-state index in [0.717, 1.165) is 24.3 Å². The number of nitrogens with one attached hydrogen (secondary N) is 1. The van der Waals surface area contributed by atoms with Gasteiger partial charge in [0, 0.05) is 25.5 Å². The molecule has 0 radical (unpaired) electrons. The van der Waals surface area contributed by atoms with Gasteiger partial charge in [-0.2, -0.15) is 5.10 Å². The molecule has 5 nitrogen and oxygen atoms in total. The summed E-state index contributed by atoms with van der Waals surface area (Å²) in [5.74, 6) is 0. The first-order chi connectivity index (χ1) is 8.78. The van der Waals surface area contributed by atoms with Crippen molar-refractivity contribution in [3.8, 4) is 0 Å². The molecule has 96 valence electrons. The van der Waals surface area contributed by atoms with Crippen molar-refractivity contribution in [2.24, 2.45) is 7.05 Å². The van der Waals surface area contributed by atoms with Gasteiger partial charge >= 0.3 is 0 Å². The zero-order valence-corrected chi connectivity index (χ0v) is 10.9. The molecule has 0 unspecified atom stereocenters. The van der Waals surface area contributed by atoms with Crippen LogP contribution in [0, 0.1) is 0 Å². The second kappa shape index (κ2) is 4.48. The van der Waals surface area contributed by atoms with E-state index < -0.39 is 0 Å². The zero-order chi connectivity index (χ0) is 12.5. The average molecular weight is 245 g/mol. The first kappa shape index (κ1) is 11.3. The van der Waals surface area contributed by atoms with Crippen molar-refractivity contribution in [1.29, 1.82) is 0 Å². The lowest BCUT2D eigenvalue weighted by Crippen LogP contribution is -2.06. The molecule has 5 heteroatoms. The highest BCUT2D eigenvalue weighted by molar-refractivity contribution is 5.46. The number of nitrogens with zero attached hydrogens (tertiary/aromatic N) is 4. The number of anilines is 1. The number of aryl methyl sites for hydroxylation is 2. The van der Waals surface area contributed by atoms with Crippen molar-refractivity contribution in [1.82, 2.24) is 19.3 Å². The van der Waals surface area contributed by atoms with Crippen LogP contribution in [0.3, 0.4) is 0 Å². The maximum atomic E-state index is 4.43. The quantitative estimate of drug-likeness (QED) is 0.877. The largest absolute Gasteiger partial charge is 0.377 e. The predicted molar refractivity (Wildman–Crippen MR) is 70.4 cm³/mol. The van der Waals surface area contributed by atoms with Crippen molar-refractivity contribution in [3.05, 3.63) is 30.1 Å². The van der Waals surface area contributed by atoms with Crippen molar-refractivity contribution >= 4 is 5.69 Å². The highest BCUT2D eigenvalue weighted by atomic mass is 15.3. The van der Waals surface area contributed by atoms with Crippen LogP contribution in [0.1, 0.15) is 37.2 Å². The third kappa shape index (κ3) is 2.12. The van der Waals surface area contributed by atoms with Gasteiger partial charge in [0.2, 0.25) is 0 Å². The second-order valence-corrected chi connectivity index (χ2v) is 4.89. The summed E-state index contributed by atoms with van der Waals surface area (Å²) in [5.41, 5.74) is 3.50. The van der Waals surface area contributed by atoms with Crippen LogP contribution in [-0.2, 0) is 20.0 Å². The molecule has 3 rings (SSSR count). The van der Waals surface area contributed by atoms with E-state index in [0.29, 0.717) is 6.04 Å². The predicted octanol–water partition coefficient (Wildman–Crippen LogP) is 2.13. The zero-order valence-electron chi connectivity index (χ0n) is 10.9. The minimum atomic E-state index is 0.684. The van der Waals surface area contributed by atoms with Crippen LogP contribution in [0.25, 0.3) is 0 Å². The summed E-state index contributed by atoms with van der Waals surface area (Å²) in [6.07, 6.45) is 9.46. The first-order valence-electron chi connectivity index (χ1n) is 6.55. The Balaban J connectivity index is 1.71. The molecule has 0 bridgehead atoms. The molecule has 2 aromatic heterocycles. The van der Waals surface area contributed by atoms with Crippen LogP contribution in [0.2, 0.25) is 0 Å². The van der Waals surface area contributed by atoms with E-state index in [4.69, 9.17) is 0 Å². The summed E-state index contributed by atoms with van der Waals surface area (Å²) in [4.78, 5) is 4.25. The lowest BCUT2D eigenvalue weighted by Gasteiger charge is -2.08. The van der Waals surface area contributed by atoms with Gasteiger partial charge in [0.05, 0.1) is 29.9 Å². The fourth-order valence-corrected chi connectivity index (χ4v) is 2.28. The summed E-state index contributed by atoms with van der Waals surface area (Å²) in [6.45, 7) is 2.94. The smallest absolute Gasteiger partial charge is 0.0951 e. The molecule has 1 fully saturated rings. The normalized spacial score (nSPS) is 15.0. The van der Waals surface area contributed by atoms with Crippen LogP contribution < -0.4 is 5.32 Å². The first-order valence-corrected chi connectivity index (χ1v) is 6.55. The number of rotatable bonds is 5. The van der Waals surface area contributed by atoms with Gasteiger partial charge in [-0.25, -0.2) is 4.98 Å². The van der Waals surface area contributed by atoms with Crippen LogP contribution in [-0.4, -0.2) is 19.3 Å². The lowest BCUT2D eigenvalue weighted by atomic mass is 10.3. The van der Waals surface area contributed by atoms with E-state index in [1.54, 1.807) is 0 Å². The molecule has 1 aliphatic carbocycles. The van der Waals surface area contributed by atoms with Gasteiger partial charge in [0.1, 0.15) is 0 Å². The van der Waals surface area contributed by atoms with Gasteiger partial charge in [-0.1, -0.05) is 6.92 Å². The Morgan fingerprint density at radius 3 is 3.00 bits per heavy atom. The number of imidazole rings is 1. The van der Waals surface area contributed by atoms with E-state index in [-0.39, 0.29) is 0 Å². The molecule has 1 aliphatic rings. The molecule has 0 amide bonds. The van der Waals surface area contributed by atoms with E-state index in [1.165, 1.54) is 18.5 Å². The van der Waals surface area contributed by atoms with Crippen molar-refractivity contribution in [3.63, 3.8) is 0 Å². The molecule has 0 spiro atoms. The third-order valence-electron chi connectivity index (χ3n) is 3.39. The van der Waals surface area contributed by atoms with Gasteiger partial charge in [-0.05, 0) is 19.3 Å². The fourth-order valence-electron chi connectivity index (χ4n) is 2.28. The minimum absolute atomic E-state index is 0.684. The van der Waals surface area contributed by atoms with Gasteiger partial charge in [0.25, 0.3) is 0 Å². The Labute approximate surface area is 107 Å². The van der Waals surface area contributed by atoms with Crippen LogP contribution in [0.5, 0.6) is 0 Å². The number of aromatic nitrogens is 4. The molecule has 2 aromatic rings. The van der Waals surface area contributed by atoms with Crippen molar-refractivity contribution in [2.75, 3.05) is 5.32 Å². The molecule has 2 heterocycles. The summed E-state index contributed by atoms with van der Waals surface area (Å²) in [7, 11) is 1.96. The Morgan fingerprint density at radius 2 is 2.28 bits per heavy atom. The molecule has 1 N–H and O–H groups in total. The lowest BCUT2D eigenvalue weighted by molar-refractivity contribution is 0.701. The fraction of sp³-hybridized carbons (Fsp3) is 0.538. The molecule has 1 saturated carbocycles. The molecule has 0 saturated heterocycles. The van der Waals surface area contributed by atoms with Crippen LogP contribution in [0.4, 0.5) is 5.69 Å². The summed E-state index contributed by atoms with van der Waals surface area (Å²) in [5, 5.41) is 7.90. The number of hydrogen-bond acceptors (Lipinski definition) is 3. The van der Waals surface area contributed by atoms with Gasteiger partial charge in [0.15, 0.2) is 0 Å². The SMILES string of the molecule is CCc1nn(C)cc1NCc1cncn1C1CC1. The topological polar surface area (TPSA) is 47.7 Å². The average Bonchev–Trinajstić information content (AvgIpc) is 2.99.